The number of halogens is 2. The summed E-state index contributed by atoms with van der Waals surface area (Å²) >= 11 is 13.5. The minimum Gasteiger partial charge on any atom is -0.489 e. The Morgan fingerprint density at radius 2 is 2.05 bits per heavy atom. The van der Waals surface area contributed by atoms with Gasteiger partial charge in [-0.1, -0.05) is 29.3 Å². The average molecular weight is 330 g/mol. The van der Waals surface area contributed by atoms with E-state index in [9.17, 15) is 0 Å². The zero-order chi connectivity index (χ0) is 14.5. The van der Waals surface area contributed by atoms with Gasteiger partial charge < -0.3 is 10.1 Å². The number of nitrogens with one attached hydrogen (secondary N) is 1. The van der Waals surface area contributed by atoms with E-state index in [1.165, 1.54) is 4.88 Å². The molecule has 2 rings (SSSR count). The number of benzene rings is 1. The summed E-state index contributed by atoms with van der Waals surface area (Å²) in [6.07, 6.45) is 0.912. The van der Waals surface area contributed by atoms with Crippen LogP contribution >= 0.6 is 34.5 Å². The Kier molecular flexibility index (Phi) is 5.73. The standard InChI is InChI=1S/C15H17Cl2NOS/c1-10(19-12-5-3-4-11(16)8-12)14(18-2)9-13-6-7-15(17)20-13/h3-8,10,14,18H,9H2,1-2H3. The summed E-state index contributed by atoms with van der Waals surface area (Å²) in [6, 6.07) is 11.7. The second-order valence-electron chi connectivity index (χ2n) is 4.59. The first kappa shape index (κ1) is 15.6. The Balaban J connectivity index is 1.99. The van der Waals surface area contributed by atoms with E-state index in [-0.39, 0.29) is 12.1 Å². The van der Waals surface area contributed by atoms with Crippen molar-refractivity contribution < 1.29 is 4.74 Å². The van der Waals surface area contributed by atoms with E-state index in [0.29, 0.717) is 5.02 Å². The van der Waals surface area contributed by atoms with Crippen LogP contribution in [0.25, 0.3) is 0 Å². The number of thiophene rings is 1. The maximum Gasteiger partial charge on any atom is 0.121 e. The van der Waals surface area contributed by atoms with Crippen LogP contribution in [-0.2, 0) is 6.42 Å². The van der Waals surface area contributed by atoms with E-state index in [4.69, 9.17) is 27.9 Å². The van der Waals surface area contributed by atoms with Crippen molar-refractivity contribution in [1.29, 1.82) is 0 Å². The molecule has 0 radical (unpaired) electrons. The van der Waals surface area contributed by atoms with Crippen LogP contribution in [0.2, 0.25) is 9.36 Å². The molecule has 1 aromatic heterocycles. The van der Waals surface area contributed by atoms with Crippen LogP contribution in [0, 0.1) is 0 Å². The molecule has 1 heterocycles. The molecule has 0 saturated heterocycles. The Labute approximate surface area is 133 Å². The highest BCUT2D eigenvalue weighted by molar-refractivity contribution is 7.16. The highest BCUT2D eigenvalue weighted by Gasteiger charge is 2.18. The molecule has 0 bridgehead atoms. The number of ether oxygens (including phenoxy) is 1. The highest BCUT2D eigenvalue weighted by Crippen LogP contribution is 2.24. The molecule has 0 spiro atoms. The molecule has 0 aliphatic rings. The van der Waals surface area contributed by atoms with Gasteiger partial charge in [-0.15, -0.1) is 11.3 Å². The van der Waals surface area contributed by atoms with Gasteiger partial charge in [-0.25, -0.2) is 0 Å². The van der Waals surface area contributed by atoms with Crippen LogP contribution in [0.15, 0.2) is 36.4 Å². The molecular weight excluding hydrogens is 313 g/mol. The molecule has 1 N–H and O–H groups in total. The molecule has 0 aliphatic heterocycles. The molecule has 0 amide bonds. The Bertz CT molecular complexity index is 558. The Hall–Kier alpha value is -0.740. The molecule has 1 aromatic carbocycles. The van der Waals surface area contributed by atoms with Crippen LogP contribution in [0.1, 0.15) is 11.8 Å². The van der Waals surface area contributed by atoms with Crippen LogP contribution in [0.5, 0.6) is 5.75 Å². The summed E-state index contributed by atoms with van der Waals surface area (Å²) < 4.78 is 6.77. The second kappa shape index (κ2) is 7.32. The Morgan fingerprint density at radius 3 is 2.65 bits per heavy atom. The lowest BCUT2D eigenvalue weighted by molar-refractivity contribution is 0.174. The van der Waals surface area contributed by atoms with Gasteiger partial charge in [0.15, 0.2) is 0 Å². The monoisotopic (exact) mass is 329 g/mol. The fourth-order valence-corrected chi connectivity index (χ4v) is 3.34. The van der Waals surface area contributed by atoms with Gasteiger partial charge in [0, 0.05) is 22.4 Å². The first-order valence-electron chi connectivity index (χ1n) is 6.42. The zero-order valence-corrected chi connectivity index (χ0v) is 13.7. The summed E-state index contributed by atoms with van der Waals surface area (Å²) in [5, 5.41) is 3.98. The molecule has 2 aromatic rings. The topological polar surface area (TPSA) is 21.3 Å². The van der Waals surface area contributed by atoms with Crippen LogP contribution in [0.4, 0.5) is 0 Å². The maximum absolute atomic E-state index is 5.97. The third kappa shape index (κ3) is 4.38. The van der Waals surface area contributed by atoms with E-state index >= 15 is 0 Å². The van der Waals surface area contributed by atoms with Crippen molar-refractivity contribution in [1.82, 2.24) is 5.32 Å². The van der Waals surface area contributed by atoms with Gasteiger partial charge in [-0.05, 0) is 44.3 Å². The number of rotatable bonds is 6. The van der Waals surface area contributed by atoms with Gasteiger partial charge in [0.2, 0.25) is 0 Å². The second-order valence-corrected chi connectivity index (χ2v) is 6.82. The molecule has 2 atom stereocenters. The third-order valence-corrected chi connectivity index (χ3v) is 4.59. The molecule has 5 heteroatoms. The van der Waals surface area contributed by atoms with Gasteiger partial charge in [0.25, 0.3) is 0 Å². The van der Waals surface area contributed by atoms with E-state index in [2.05, 4.69) is 18.3 Å². The molecule has 2 unspecified atom stereocenters. The number of likely N-dealkylation sites (N-methyl/N-ethyl adjacent to an activating group) is 1. The van der Waals surface area contributed by atoms with E-state index in [1.807, 2.05) is 37.4 Å². The van der Waals surface area contributed by atoms with E-state index in [1.54, 1.807) is 11.3 Å². The number of hydrogen-bond acceptors (Lipinski definition) is 3. The maximum atomic E-state index is 5.97. The zero-order valence-electron chi connectivity index (χ0n) is 11.4. The summed E-state index contributed by atoms with van der Waals surface area (Å²) in [4.78, 5) is 1.25. The lowest BCUT2D eigenvalue weighted by atomic mass is 10.1. The van der Waals surface area contributed by atoms with E-state index < -0.39 is 0 Å². The first-order valence-corrected chi connectivity index (χ1v) is 7.99. The Morgan fingerprint density at radius 1 is 1.25 bits per heavy atom. The quantitative estimate of drug-likeness (QED) is 0.832. The molecule has 108 valence electrons. The highest BCUT2D eigenvalue weighted by atomic mass is 35.5. The van der Waals surface area contributed by atoms with Gasteiger partial charge in [0.1, 0.15) is 11.9 Å². The summed E-state index contributed by atoms with van der Waals surface area (Å²) in [6.45, 7) is 2.05. The minimum atomic E-state index is 0.0272. The molecule has 0 saturated carbocycles. The average Bonchev–Trinajstić information content (AvgIpc) is 2.81. The lowest BCUT2D eigenvalue weighted by Gasteiger charge is -2.24. The first-order chi connectivity index (χ1) is 9.58. The van der Waals surface area contributed by atoms with Gasteiger partial charge in [-0.2, -0.15) is 0 Å². The van der Waals surface area contributed by atoms with Crippen molar-refractivity contribution in [2.45, 2.75) is 25.5 Å². The molecule has 2 nitrogen and oxygen atoms in total. The summed E-state index contributed by atoms with van der Waals surface area (Å²) in [5.74, 6) is 0.787. The largest absolute Gasteiger partial charge is 0.489 e. The van der Waals surface area contributed by atoms with Gasteiger partial charge in [0.05, 0.1) is 4.34 Å². The van der Waals surface area contributed by atoms with Crippen molar-refractivity contribution in [2.24, 2.45) is 0 Å². The number of hydrogen-bond donors (Lipinski definition) is 1. The van der Waals surface area contributed by atoms with Crippen molar-refractivity contribution in [2.75, 3.05) is 7.05 Å². The van der Waals surface area contributed by atoms with E-state index in [0.717, 1.165) is 16.5 Å². The lowest BCUT2D eigenvalue weighted by Crippen LogP contribution is -2.40. The van der Waals surface area contributed by atoms with Gasteiger partial charge >= 0.3 is 0 Å². The van der Waals surface area contributed by atoms with Crippen LogP contribution in [0.3, 0.4) is 0 Å². The molecular formula is C15H17Cl2NOS. The predicted octanol–water partition coefficient (Wildman–Crippen LogP) is 4.65. The third-order valence-electron chi connectivity index (χ3n) is 3.11. The minimum absolute atomic E-state index is 0.0272. The normalized spacial score (nSPS) is 14.0. The SMILES string of the molecule is CNC(Cc1ccc(Cl)s1)C(C)Oc1cccc(Cl)c1. The van der Waals surface area contributed by atoms with Crippen molar-refractivity contribution in [3.8, 4) is 5.75 Å². The summed E-state index contributed by atoms with van der Waals surface area (Å²) in [7, 11) is 1.94. The fraction of sp³-hybridized carbons (Fsp3) is 0.333. The van der Waals surface area contributed by atoms with Crippen LogP contribution < -0.4 is 10.1 Å². The molecule has 20 heavy (non-hydrogen) atoms. The van der Waals surface area contributed by atoms with Crippen molar-refractivity contribution in [3.05, 3.63) is 50.6 Å². The van der Waals surface area contributed by atoms with Crippen molar-refractivity contribution in [3.63, 3.8) is 0 Å². The predicted molar refractivity (Wildman–Crippen MR) is 87.4 cm³/mol. The van der Waals surface area contributed by atoms with Gasteiger partial charge in [-0.3, -0.25) is 0 Å². The smallest absolute Gasteiger partial charge is 0.121 e. The molecule has 0 fully saturated rings. The molecule has 0 aliphatic carbocycles. The van der Waals surface area contributed by atoms with Crippen LogP contribution in [-0.4, -0.2) is 19.2 Å². The fourth-order valence-electron chi connectivity index (χ4n) is 2.02. The summed E-state index contributed by atoms with van der Waals surface area (Å²) in [5.41, 5.74) is 0. The van der Waals surface area contributed by atoms with Crippen molar-refractivity contribution >= 4 is 34.5 Å².